The van der Waals surface area contributed by atoms with Gasteiger partial charge in [0.25, 0.3) is 0 Å². The molecule has 104 valence electrons. The van der Waals surface area contributed by atoms with E-state index in [1.807, 2.05) is 18.2 Å². The number of benzene rings is 2. The Balaban J connectivity index is 1.62. The molecule has 2 aliphatic rings. The molecule has 2 atom stereocenters. The van der Waals surface area contributed by atoms with E-state index < -0.39 is 0 Å². The maximum atomic E-state index is 9.84. The maximum Gasteiger partial charge on any atom is 0.123 e. The van der Waals surface area contributed by atoms with Gasteiger partial charge in [-0.1, -0.05) is 42.5 Å². The van der Waals surface area contributed by atoms with Crippen LogP contribution in [0, 0.1) is 11.3 Å². The van der Waals surface area contributed by atoms with Crippen LogP contribution in [0.5, 0.6) is 5.75 Å². The van der Waals surface area contributed by atoms with Gasteiger partial charge in [-0.05, 0) is 35.6 Å². The molecule has 2 aromatic rings. The number of para-hydroxylation sites is 1. The van der Waals surface area contributed by atoms with Crippen molar-refractivity contribution in [3.8, 4) is 11.8 Å². The molecule has 1 aliphatic carbocycles. The topological polar surface area (TPSA) is 33.0 Å². The summed E-state index contributed by atoms with van der Waals surface area (Å²) in [5, 5.41) is 9.84. The molecule has 0 radical (unpaired) electrons. The Morgan fingerprint density at radius 2 is 1.86 bits per heavy atom. The fourth-order valence-electron chi connectivity index (χ4n) is 3.82. The minimum absolute atomic E-state index is 0.119. The summed E-state index contributed by atoms with van der Waals surface area (Å²) < 4.78 is 6.06. The second kappa shape index (κ2) is 4.63. The lowest BCUT2D eigenvalue weighted by Gasteiger charge is -2.25. The van der Waals surface area contributed by atoms with Crippen molar-refractivity contribution in [1.82, 2.24) is 0 Å². The third-order valence-corrected chi connectivity index (χ3v) is 4.86. The van der Waals surface area contributed by atoms with Crippen LogP contribution in [-0.4, -0.2) is 6.10 Å². The van der Waals surface area contributed by atoms with Gasteiger partial charge in [0.15, 0.2) is 0 Å². The number of hydrogen-bond donors (Lipinski definition) is 0. The molecule has 1 aliphatic heterocycles. The van der Waals surface area contributed by atoms with E-state index in [1.54, 1.807) is 0 Å². The monoisotopic (exact) mass is 275 g/mol. The molecule has 0 saturated carbocycles. The fourth-order valence-corrected chi connectivity index (χ4v) is 3.82. The Morgan fingerprint density at radius 3 is 2.67 bits per heavy atom. The van der Waals surface area contributed by atoms with E-state index in [1.165, 1.54) is 16.7 Å². The Kier molecular flexibility index (Phi) is 2.75. The van der Waals surface area contributed by atoms with Crippen LogP contribution in [0.25, 0.3) is 0 Å². The predicted octanol–water partition coefficient (Wildman–Crippen LogP) is 3.79. The summed E-state index contributed by atoms with van der Waals surface area (Å²) in [6.07, 6.45) is 3.74. The zero-order valence-electron chi connectivity index (χ0n) is 11.9. The van der Waals surface area contributed by atoms with E-state index in [4.69, 9.17) is 4.74 Å². The molecule has 2 aromatic carbocycles. The van der Waals surface area contributed by atoms with Crippen LogP contribution in [0.3, 0.4) is 0 Å². The molecule has 0 N–H and O–H groups in total. The molecular weight excluding hydrogens is 258 g/mol. The molecule has 0 bridgehead atoms. The van der Waals surface area contributed by atoms with Gasteiger partial charge >= 0.3 is 0 Å². The van der Waals surface area contributed by atoms with E-state index in [9.17, 15) is 5.26 Å². The molecule has 0 spiro atoms. The number of rotatable bonds is 2. The van der Waals surface area contributed by atoms with Gasteiger partial charge in [-0.2, -0.15) is 5.26 Å². The van der Waals surface area contributed by atoms with Gasteiger partial charge in [0, 0.05) is 12.8 Å². The predicted molar refractivity (Wildman–Crippen MR) is 81.2 cm³/mol. The molecule has 2 nitrogen and oxygen atoms in total. The smallest absolute Gasteiger partial charge is 0.123 e. The number of ether oxygens (including phenoxy) is 1. The number of hydrogen-bond acceptors (Lipinski definition) is 2. The normalized spacial score (nSPS) is 25.8. The number of nitrogens with zero attached hydrogens (tertiary/aromatic N) is 1. The Labute approximate surface area is 125 Å². The van der Waals surface area contributed by atoms with Crippen molar-refractivity contribution in [1.29, 1.82) is 5.26 Å². The van der Waals surface area contributed by atoms with Gasteiger partial charge < -0.3 is 4.74 Å². The number of aryl methyl sites for hydroxylation is 1. The molecule has 0 fully saturated rings. The first-order valence-electron chi connectivity index (χ1n) is 7.55. The second-order valence-electron chi connectivity index (χ2n) is 6.11. The Hall–Kier alpha value is -2.27. The van der Waals surface area contributed by atoms with Gasteiger partial charge in [0.05, 0.1) is 11.5 Å². The minimum Gasteiger partial charge on any atom is -0.490 e. The van der Waals surface area contributed by atoms with Crippen molar-refractivity contribution in [2.75, 3.05) is 0 Å². The van der Waals surface area contributed by atoms with Crippen LogP contribution >= 0.6 is 0 Å². The highest BCUT2D eigenvalue weighted by Gasteiger charge is 2.42. The minimum atomic E-state index is -0.372. The van der Waals surface area contributed by atoms with Crippen molar-refractivity contribution < 1.29 is 4.74 Å². The fraction of sp³-hybridized carbons (Fsp3) is 0.316. The lowest BCUT2D eigenvalue weighted by Crippen LogP contribution is -2.29. The summed E-state index contributed by atoms with van der Waals surface area (Å²) in [6.45, 7) is 0. The van der Waals surface area contributed by atoms with Crippen molar-refractivity contribution in [3.05, 3.63) is 65.2 Å². The summed E-state index contributed by atoms with van der Waals surface area (Å²) >= 11 is 0. The SMILES string of the molecule is N#CC1(CC2Cc3ccccc3O2)CCc2ccccc21. The molecule has 2 heteroatoms. The lowest BCUT2D eigenvalue weighted by atomic mass is 9.78. The van der Waals surface area contributed by atoms with Crippen LogP contribution in [0.2, 0.25) is 0 Å². The van der Waals surface area contributed by atoms with Crippen LogP contribution in [0.15, 0.2) is 48.5 Å². The van der Waals surface area contributed by atoms with Gasteiger partial charge in [-0.25, -0.2) is 0 Å². The van der Waals surface area contributed by atoms with Crippen LogP contribution in [0.1, 0.15) is 29.5 Å². The van der Waals surface area contributed by atoms with E-state index in [2.05, 4.69) is 36.4 Å². The highest BCUT2D eigenvalue weighted by Crippen LogP contribution is 2.44. The maximum absolute atomic E-state index is 9.84. The first kappa shape index (κ1) is 12.5. The third-order valence-electron chi connectivity index (χ3n) is 4.86. The molecule has 1 heterocycles. The zero-order valence-corrected chi connectivity index (χ0v) is 11.9. The number of nitriles is 1. The Bertz CT molecular complexity index is 705. The zero-order chi connectivity index (χ0) is 14.3. The quantitative estimate of drug-likeness (QED) is 0.835. The number of fused-ring (bicyclic) bond motifs is 2. The highest BCUT2D eigenvalue weighted by molar-refractivity contribution is 5.45. The van der Waals surface area contributed by atoms with Gasteiger partial charge in [0.2, 0.25) is 0 Å². The molecule has 21 heavy (non-hydrogen) atoms. The van der Waals surface area contributed by atoms with E-state index in [0.29, 0.717) is 0 Å². The van der Waals surface area contributed by atoms with Crippen molar-refractivity contribution in [2.24, 2.45) is 0 Å². The van der Waals surface area contributed by atoms with Gasteiger partial charge in [-0.3, -0.25) is 0 Å². The molecule has 0 aromatic heterocycles. The van der Waals surface area contributed by atoms with Gasteiger partial charge in [-0.15, -0.1) is 0 Å². The van der Waals surface area contributed by atoms with Crippen molar-refractivity contribution in [2.45, 2.75) is 37.2 Å². The Morgan fingerprint density at radius 1 is 1.10 bits per heavy atom. The molecule has 0 saturated heterocycles. The van der Waals surface area contributed by atoms with E-state index >= 15 is 0 Å². The van der Waals surface area contributed by atoms with Crippen molar-refractivity contribution in [3.63, 3.8) is 0 Å². The first-order chi connectivity index (χ1) is 10.3. The molecule has 0 amide bonds. The average Bonchev–Trinajstić information content (AvgIpc) is 3.09. The van der Waals surface area contributed by atoms with Crippen LogP contribution < -0.4 is 4.74 Å². The summed E-state index contributed by atoms with van der Waals surface area (Å²) in [5.41, 5.74) is 3.44. The third kappa shape index (κ3) is 1.93. The average molecular weight is 275 g/mol. The summed E-state index contributed by atoms with van der Waals surface area (Å²) in [7, 11) is 0. The summed E-state index contributed by atoms with van der Waals surface area (Å²) in [5.74, 6) is 0.988. The van der Waals surface area contributed by atoms with E-state index in [0.717, 1.165) is 31.4 Å². The molecule has 4 rings (SSSR count). The largest absolute Gasteiger partial charge is 0.490 e. The van der Waals surface area contributed by atoms with Crippen molar-refractivity contribution >= 4 is 0 Å². The molecule has 2 unspecified atom stereocenters. The first-order valence-corrected chi connectivity index (χ1v) is 7.55. The van der Waals surface area contributed by atoms with Crippen LogP contribution in [0.4, 0.5) is 0 Å². The second-order valence-corrected chi connectivity index (χ2v) is 6.11. The summed E-state index contributed by atoms with van der Waals surface area (Å²) in [6, 6.07) is 19.2. The van der Waals surface area contributed by atoms with Gasteiger partial charge in [0.1, 0.15) is 11.9 Å². The van der Waals surface area contributed by atoms with Crippen LogP contribution in [-0.2, 0) is 18.3 Å². The summed E-state index contributed by atoms with van der Waals surface area (Å²) in [4.78, 5) is 0. The molecular formula is C19H17NO. The van der Waals surface area contributed by atoms with E-state index in [-0.39, 0.29) is 11.5 Å². The highest BCUT2D eigenvalue weighted by atomic mass is 16.5. The standard InChI is InChI=1S/C19H17NO/c20-13-19(10-9-14-5-1-3-7-17(14)19)12-16-11-15-6-2-4-8-18(15)21-16/h1-8,16H,9-12H2. The lowest BCUT2D eigenvalue weighted by molar-refractivity contribution is 0.194.